The first-order valence-corrected chi connectivity index (χ1v) is 10.9. The molecule has 160 valence electrons. The quantitative estimate of drug-likeness (QED) is 0.598. The largest absolute Gasteiger partial charge is 0.367 e. The van der Waals surface area contributed by atoms with E-state index in [1.807, 2.05) is 30.3 Å². The summed E-state index contributed by atoms with van der Waals surface area (Å²) in [6.45, 7) is 5.10. The SMILES string of the molecule is N#CCCN1CCN(c2cccc3c2ncn3C(=O)NCCCc2ccccc2)CC1. The topological polar surface area (TPSA) is 77.2 Å². The third-order valence-corrected chi connectivity index (χ3v) is 5.79. The third kappa shape index (κ3) is 5.04. The lowest BCUT2D eigenvalue weighted by Gasteiger charge is -2.35. The number of hydrogen-bond acceptors (Lipinski definition) is 5. The monoisotopic (exact) mass is 416 g/mol. The Kier molecular flexibility index (Phi) is 6.80. The molecule has 1 amide bonds. The Morgan fingerprint density at radius 1 is 1.06 bits per heavy atom. The van der Waals surface area contributed by atoms with E-state index < -0.39 is 0 Å². The molecule has 0 bridgehead atoms. The van der Waals surface area contributed by atoms with Crippen LogP contribution in [0.15, 0.2) is 54.9 Å². The normalized spacial score (nSPS) is 14.5. The number of amides is 1. The molecule has 0 saturated carbocycles. The first-order chi connectivity index (χ1) is 15.3. The fraction of sp³-hybridized carbons (Fsp3) is 0.375. The van der Waals surface area contributed by atoms with Gasteiger partial charge in [-0.25, -0.2) is 9.78 Å². The predicted molar refractivity (Wildman–Crippen MR) is 122 cm³/mol. The number of aryl methyl sites for hydroxylation is 1. The molecule has 1 aromatic heterocycles. The van der Waals surface area contributed by atoms with Crippen LogP contribution >= 0.6 is 0 Å². The molecule has 0 spiro atoms. The second-order valence-electron chi connectivity index (χ2n) is 7.82. The van der Waals surface area contributed by atoms with Crippen molar-refractivity contribution < 1.29 is 4.79 Å². The number of piperazine rings is 1. The number of rotatable bonds is 7. The van der Waals surface area contributed by atoms with E-state index in [-0.39, 0.29) is 6.03 Å². The van der Waals surface area contributed by atoms with Crippen molar-refractivity contribution in [3.05, 3.63) is 60.4 Å². The van der Waals surface area contributed by atoms with Gasteiger partial charge in [0.2, 0.25) is 0 Å². The van der Waals surface area contributed by atoms with Crippen molar-refractivity contribution in [2.75, 3.05) is 44.2 Å². The number of fused-ring (bicyclic) bond motifs is 1. The van der Waals surface area contributed by atoms with Gasteiger partial charge in [-0.3, -0.25) is 9.47 Å². The molecule has 7 heteroatoms. The van der Waals surface area contributed by atoms with Crippen LogP contribution < -0.4 is 10.2 Å². The molecular formula is C24H28N6O. The first kappa shape index (κ1) is 20.9. The number of carbonyl (C=O) groups is 1. The summed E-state index contributed by atoms with van der Waals surface area (Å²) in [5, 5.41) is 11.8. The number of imidazole rings is 1. The van der Waals surface area contributed by atoms with Crippen LogP contribution in [-0.2, 0) is 6.42 Å². The van der Waals surface area contributed by atoms with Crippen molar-refractivity contribution >= 4 is 22.8 Å². The zero-order valence-electron chi connectivity index (χ0n) is 17.7. The Morgan fingerprint density at radius 2 is 1.87 bits per heavy atom. The Bertz CT molecular complexity index is 1050. The van der Waals surface area contributed by atoms with Gasteiger partial charge < -0.3 is 10.2 Å². The summed E-state index contributed by atoms with van der Waals surface area (Å²) in [5.74, 6) is 0. The van der Waals surface area contributed by atoms with E-state index in [1.165, 1.54) is 5.56 Å². The fourth-order valence-corrected chi connectivity index (χ4v) is 4.08. The molecular weight excluding hydrogens is 388 g/mol. The summed E-state index contributed by atoms with van der Waals surface area (Å²) >= 11 is 0. The first-order valence-electron chi connectivity index (χ1n) is 10.9. The molecule has 0 unspecified atom stereocenters. The molecule has 2 aromatic carbocycles. The highest BCUT2D eigenvalue weighted by molar-refractivity contribution is 5.95. The number of para-hydroxylation sites is 1. The number of hydrogen-bond donors (Lipinski definition) is 1. The van der Waals surface area contributed by atoms with Crippen LogP contribution in [0, 0.1) is 11.3 Å². The maximum absolute atomic E-state index is 12.7. The Hall–Kier alpha value is -3.37. The van der Waals surface area contributed by atoms with Gasteiger partial charge in [-0.05, 0) is 30.5 Å². The van der Waals surface area contributed by atoms with Gasteiger partial charge in [-0.2, -0.15) is 5.26 Å². The summed E-state index contributed by atoms with van der Waals surface area (Å²) in [7, 11) is 0. The minimum Gasteiger partial charge on any atom is -0.367 e. The van der Waals surface area contributed by atoms with Crippen molar-refractivity contribution in [3.63, 3.8) is 0 Å². The standard InChI is InChI=1S/C24H28N6O/c25-12-6-14-28-15-17-29(18-16-28)21-10-4-11-22-23(21)27-19-30(22)24(31)26-13-5-9-20-7-2-1-3-8-20/h1-4,7-8,10-11,19H,5-6,9,13-18H2,(H,26,31). The number of nitriles is 1. The number of benzene rings is 2. The van der Waals surface area contributed by atoms with E-state index in [2.05, 4.69) is 44.4 Å². The highest BCUT2D eigenvalue weighted by Gasteiger charge is 2.20. The fourth-order valence-electron chi connectivity index (χ4n) is 4.08. The summed E-state index contributed by atoms with van der Waals surface area (Å²) in [4.78, 5) is 21.9. The summed E-state index contributed by atoms with van der Waals surface area (Å²) in [5.41, 5.74) is 4.02. The van der Waals surface area contributed by atoms with Crippen LogP contribution in [-0.4, -0.2) is 59.8 Å². The number of anilines is 1. The second-order valence-corrected chi connectivity index (χ2v) is 7.82. The average Bonchev–Trinajstić information content (AvgIpc) is 3.26. The van der Waals surface area contributed by atoms with Crippen LogP contribution in [0.25, 0.3) is 11.0 Å². The van der Waals surface area contributed by atoms with Crippen molar-refractivity contribution in [2.24, 2.45) is 0 Å². The maximum Gasteiger partial charge on any atom is 0.327 e. The number of nitrogens with zero attached hydrogens (tertiary/aromatic N) is 5. The van der Waals surface area contributed by atoms with E-state index >= 15 is 0 Å². The van der Waals surface area contributed by atoms with Crippen LogP contribution in [0.3, 0.4) is 0 Å². The number of aromatic nitrogens is 2. The Balaban J connectivity index is 1.37. The summed E-state index contributed by atoms with van der Waals surface area (Å²) in [6, 6.07) is 18.4. The van der Waals surface area contributed by atoms with E-state index in [1.54, 1.807) is 10.9 Å². The van der Waals surface area contributed by atoms with Gasteiger partial charge in [-0.1, -0.05) is 36.4 Å². The molecule has 1 saturated heterocycles. The minimum absolute atomic E-state index is 0.144. The smallest absolute Gasteiger partial charge is 0.327 e. The molecule has 1 aliphatic heterocycles. The highest BCUT2D eigenvalue weighted by atomic mass is 16.2. The number of nitrogens with one attached hydrogen (secondary N) is 1. The van der Waals surface area contributed by atoms with Gasteiger partial charge >= 0.3 is 6.03 Å². The van der Waals surface area contributed by atoms with Gasteiger partial charge in [0.1, 0.15) is 11.8 Å². The highest BCUT2D eigenvalue weighted by Crippen LogP contribution is 2.26. The van der Waals surface area contributed by atoms with Crippen molar-refractivity contribution in [2.45, 2.75) is 19.3 Å². The van der Waals surface area contributed by atoms with Gasteiger partial charge in [0.05, 0.1) is 17.3 Å². The van der Waals surface area contributed by atoms with Gasteiger partial charge in [0.25, 0.3) is 0 Å². The molecule has 0 radical (unpaired) electrons. The molecule has 0 atom stereocenters. The molecule has 2 heterocycles. The molecule has 7 nitrogen and oxygen atoms in total. The van der Waals surface area contributed by atoms with Crippen molar-refractivity contribution in [1.82, 2.24) is 19.8 Å². The molecule has 31 heavy (non-hydrogen) atoms. The summed E-state index contributed by atoms with van der Waals surface area (Å²) in [6.07, 6.45) is 4.02. The van der Waals surface area contributed by atoms with Gasteiger partial charge in [-0.15, -0.1) is 0 Å². The Labute approximate surface area is 182 Å². The molecule has 0 aliphatic carbocycles. The van der Waals surface area contributed by atoms with Gasteiger partial charge in [0, 0.05) is 45.7 Å². The molecule has 4 rings (SSSR count). The van der Waals surface area contributed by atoms with Crippen molar-refractivity contribution in [1.29, 1.82) is 5.26 Å². The summed E-state index contributed by atoms with van der Waals surface area (Å²) < 4.78 is 1.60. The zero-order chi connectivity index (χ0) is 21.5. The van der Waals surface area contributed by atoms with Crippen molar-refractivity contribution in [3.8, 4) is 6.07 Å². The second kappa shape index (κ2) is 10.1. The average molecular weight is 417 g/mol. The van der Waals surface area contributed by atoms with Gasteiger partial charge in [0.15, 0.2) is 0 Å². The third-order valence-electron chi connectivity index (χ3n) is 5.79. The van der Waals surface area contributed by atoms with Crippen LogP contribution in [0.5, 0.6) is 0 Å². The lowest BCUT2D eigenvalue weighted by atomic mass is 10.1. The van der Waals surface area contributed by atoms with E-state index in [4.69, 9.17) is 5.26 Å². The Morgan fingerprint density at radius 3 is 2.65 bits per heavy atom. The van der Waals surface area contributed by atoms with Crippen LogP contribution in [0.2, 0.25) is 0 Å². The molecule has 1 aliphatic rings. The minimum atomic E-state index is -0.144. The van der Waals surface area contributed by atoms with Crippen LogP contribution in [0.1, 0.15) is 18.4 Å². The maximum atomic E-state index is 12.7. The van der Waals surface area contributed by atoms with Crippen LogP contribution in [0.4, 0.5) is 10.5 Å². The van der Waals surface area contributed by atoms with E-state index in [0.29, 0.717) is 13.0 Å². The molecule has 1 N–H and O–H groups in total. The predicted octanol–water partition coefficient (Wildman–Crippen LogP) is 3.26. The van der Waals surface area contributed by atoms with E-state index in [9.17, 15) is 4.79 Å². The zero-order valence-corrected chi connectivity index (χ0v) is 17.7. The molecule has 3 aromatic rings. The van der Waals surface area contributed by atoms with E-state index in [0.717, 1.165) is 62.3 Å². The lowest BCUT2D eigenvalue weighted by Crippen LogP contribution is -2.46. The lowest BCUT2D eigenvalue weighted by molar-refractivity contribution is 0.243. The molecule has 1 fully saturated rings. The number of carbonyl (C=O) groups excluding carboxylic acids is 1.